The standard InChI is InChI=1S/C38H43N5O4/c1-24(42(2)38(46)47-23-25-11-4-3-5-12-25)36(44)39-27-21-30-29-16-8-9-17-32(29)40-35(30)33-19-20-34(43(33)22-27)37(45)41-31-18-10-14-26-13-6-7-15-28(26)31/h3-9,11-13,15-17,24,27,31,33-34,40H,10,14,18-23H2,1-2H3,(H,39,44)(H,41,45)/t24-,27-,31+,33+,34-/m0/s1. The molecule has 3 N–H and O–H groups in total. The van der Waals surface area contributed by atoms with Crippen LogP contribution in [0.2, 0.25) is 0 Å². The molecule has 1 saturated heterocycles. The summed E-state index contributed by atoms with van der Waals surface area (Å²) in [6.45, 7) is 2.38. The number of rotatable bonds is 7. The van der Waals surface area contributed by atoms with Crippen LogP contribution in [-0.4, -0.2) is 64.4 Å². The van der Waals surface area contributed by atoms with Gasteiger partial charge in [-0.05, 0) is 73.8 Å². The summed E-state index contributed by atoms with van der Waals surface area (Å²) in [5.74, 6) is -0.207. The number of carbonyl (C=O) groups is 3. The summed E-state index contributed by atoms with van der Waals surface area (Å²) in [7, 11) is 1.59. The van der Waals surface area contributed by atoms with E-state index < -0.39 is 12.1 Å². The summed E-state index contributed by atoms with van der Waals surface area (Å²) in [6, 6.07) is 24.9. The molecule has 0 spiro atoms. The molecule has 1 aromatic heterocycles. The number of hydrogen-bond acceptors (Lipinski definition) is 5. The van der Waals surface area contributed by atoms with Gasteiger partial charge in [0.25, 0.3) is 0 Å². The van der Waals surface area contributed by atoms with Gasteiger partial charge < -0.3 is 20.4 Å². The quantitative estimate of drug-likeness (QED) is 0.247. The second kappa shape index (κ2) is 13.2. The van der Waals surface area contributed by atoms with Crippen LogP contribution in [0.25, 0.3) is 10.9 Å². The summed E-state index contributed by atoms with van der Waals surface area (Å²) in [6.07, 6.45) is 4.69. The lowest BCUT2D eigenvalue weighted by atomic mass is 9.87. The van der Waals surface area contributed by atoms with Crippen LogP contribution in [-0.2, 0) is 33.8 Å². The van der Waals surface area contributed by atoms with Crippen LogP contribution in [0, 0.1) is 0 Å². The number of H-pyrrole nitrogens is 1. The van der Waals surface area contributed by atoms with Gasteiger partial charge in [-0.2, -0.15) is 0 Å². The third-order valence-corrected chi connectivity index (χ3v) is 10.4. The second-order valence-corrected chi connectivity index (χ2v) is 13.3. The maximum Gasteiger partial charge on any atom is 0.410 e. The van der Waals surface area contributed by atoms with E-state index in [1.165, 1.54) is 21.6 Å². The fraction of sp³-hybridized carbons (Fsp3) is 0.395. The summed E-state index contributed by atoms with van der Waals surface area (Å²) in [5.41, 5.74) is 6.80. The molecule has 3 aromatic carbocycles. The highest BCUT2D eigenvalue weighted by molar-refractivity contribution is 5.87. The van der Waals surface area contributed by atoms with Gasteiger partial charge in [0.15, 0.2) is 0 Å². The predicted octanol–water partition coefficient (Wildman–Crippen LogP) is 5.57. The van der Waals surface area contributed by atoms with Crippen molar-refractivity contribution in [1.29, 1.82) is 0 Å². The molecule has 244 valence electrons. The summed E-state index contributed by atoms with van der Waals surface area (Å²) < 4.78 is 5.49. The van der Waals surface area contributed by atoms with Crippen LogP contribution in [0.1, 0.15) is 72.6 Å². The first kappa shape index (κ1) is 31.0. The minimum absolute atomic E-state index is 0.00986. The molecule has 9 nitrogen and oxygen atoms in total. The molecule has 1 aliphatic carbocycles. The van der Waals surface area contributed by atoms with Gasteiger partial charge in [-0.1, -0.05) is 72.8 Å². The molecule has 5 atom stereocenters. The number of aromatic nitrogens is 1. The Balaban J connectivity index is 1.09. The minimum Gasteiger partial charge on any atom is -0.445 e. The average molecular weight is 634 g/mol. The first-order chi connectivity index (χ1) is 22.9. The zero-order valence-corrected chi connectivity index (χ0v) is 27.1. The van der Waals surface area contributed by atoms with Crippen molar-refractivity contribution in [2.24, 2.45) is 0 Å². The van der Waals surface area contributed by atoms with Gasteiger partial charge >= 0.3 is 6.09 Å². The molecule has 4 aromatic rings. The van der Waals surface area contributed by atoms with Crippen LogP contribution >= 0.6 is 0 Å². The Kier molecular flexibility index (Phi) is 8.73. The van der Waals surface area contributed by atoms with Crippen LogP contribution < -0.4 is 10.6 Å². The number of amides is 3. The first-order valence-corrected chi connectivity index (χ1v) is 16.8. The summed E-state index contributed by atoms with van der Waals surface area (Å²) in [4.78, 5) is 47.9. The third kappa shape index (κ3) is 6.24. The van der Waals surface area contributed by atoms with E-state index in [0.29, 0.717) is 13.0 Å². The number of benzene rings is 3. The fourth-order valence-corrected chi connectivity index (χ4v) is 7.75. The van der Waals surface area contributed by atoms with Crippen molar-refractivity contribution in [2.45, 2.75) is 82.3 Å². The molecule has 0 saturated carbocycles. The molecule has 0 bridgehead atoms. The number of likely N-dealkylation sites (N-methyl/N-ethyl adjacent to an activating group) is 1. The maximum atomic E-state index is 14.0. The van der Waals surface area contributed by atoms with Crippen LogP contribution in [0.3, 0.4) is 0 Å². The van der Waals surface area contributed by atoms with Crippen LogP contribution in [0.15, 0.2) is 78.9 Å². The Labute approximate surface area is 275 Å². The molecular formula is C38H43N5O4. The molecule has 0 unspecified atom stereocenters. The van der Waals surface area contributed by atoms with Gasteiger partial charge in [0, 0.05) is 36.2 Å². The van der Waals surface area contributed by atoms with E-state index in [9.17, 15) is 14.4 Å². The topological polar surface area (TPSA) is 107 Å². The van der Waals surface area contributed by atoms with Gasteiger partial charge in [0.2, 0.25) is 11.8 Å². The second-order valence-electron chi connectivity index (χ2n) is 13.3. The van der Waals surface area contributed by atoms with Gasteiger partial charge in [0.1, 0.15) is 12.6 Å². The summed E-state index contributed by atoms with van der Waals surface area (Å²) >= 11 is 0. The molecule has 3 aliphatic rings. The Hall–Kier alpha value is -4.63. The van der Waals surface area contributed by atoms with E-state index >= 15 is 0 Å². The number of nitrogens with zero attached hydrogens (tertiary/aromatic N) is 2. The Morgan fingerprint density at radius 3 is 2.57 bits per heavy atom. The van der Waals surface area contributed by atoms with Crippen LogP contribution in [0.4, 0.5) is 4.79 Å². The average Bonchev–Trinajstić information content (AvgIpc) is 3.64. The van der Waals surface area contributed by atoms with Gasteiger partial charge in [0.05, 0.1) is 18.1 Å². The lowest BCUT2D eigenvalue weighted by Crippen LogP contribution is -2.53. The van der Waals surface area contributed by atoms with Gasteiger partial charge in [-0.3, -0.25) is 19.4 Å². The predicted molar refractivity (Wildman–Crippen MR) is 181 cm³/mol. The number of aromatic amines is 1. The van der Waals surface area contributed by atoms with Crippen molar-refractivity contribution in [2.75, 3.05) is 13.6 Å². The molecule has 3 heterocycles. The molecule has 2 aliphatic heterocycles. The number of fused-ring (bicyclic) bond motifs is 6. The van der Waals surface area contributed by atoms with E-state index in [1.807, 2.05) is 42.5 Å². The number of ether oxygens (including phenoxy) is 1. The molecule has 0 radical (unpaired) electrons. The summed E-state index contributed by atoms with van der Waals surface area (Å²) in [5, 5.41) is 7.81. The normalized spacial score (nSPS) is 22.7. The van der Waals surface area contributed by atoms with Gasteiger partial charge in [-0.15, -0.1) is 0 Å². The van der Waals surface area contributed by atoms with Crippen molar-refractivity contribution < 1.29 is 19.1 Å². The van der Waals surface area contributed by atoms with Crippen LogP contribution in [0.5, 0.6) is 0 Å². The minimum atomic E-state index is -0.746. The Morgan fingerprint density at radius 1 is 0.957 bits per heavy atom. The SMILES string of the molecule is C[C@@H](C(=O)N[C@H]1Cc2c([nH]c3ccccc23)[C@H]2CC[C@@H](C(=O)N[C@@H]3CCCc4ccccc43)N2C1)N(C)C(=O)OCc1ccccc1. The highest BCUT2D eigenvalue weighted by atomic mass is 16.6. The lowest BCUT2D eigenvalue weighted by molar-refractivity contribution is -0.127. The van der Waals surface area contributed by atoms with Crippen molar-refractivity contribution in [1.82, 2.24) is 25.4 Å². The number of hydrogen-bond donors (Lipinski definition) is 3. The van der Waals surface area contributed by atoms with Crippen molar-refractivity contribution >= 4 is 28.8 Å². The molecular weight excluding hydrogens is 590 g/mol. The zero-order chi connectivity index (χ0) is 32.5. The Bertz CT molecular complexity index is 1770. The largest absolute Gasteiger partial charge is 0.445 e. The molecule has 3 amide bonds. The number of aryl methyl sites for hydroxylation is 1. The van der Waals surface area contributed by atoms with E-state index in [2.05, 4.69) is 56.9 Å². The maximum absolute atomic E-state index is 14.0. The third-order valence-electron chi connectivity index (χ3n) is 10.4. The number of carbonyl (C=O) groups excluding carboxylic acids is 3. The smallest absolute Gasteiger partial charge is 0.410 e. The monoisotopic (exact) mass is 633 g/mol. The fourth-order valence-electron chi connectivity index (χ4n) is 7.75. The highest BCUT2D eigenvalue weighted by Gasteiger charge is 2.44. The first-order valence-electron chi connectivity index (χ1n) is 16.8. The van der Waals surface area contributed by atoms with E-state index in [1.54, 1.807) is 14.0 Å². The van der Waals surface area contributed by atoms with E-state index in [4.69, 9.17) is 4.74 Å². The molecule has 47 heavy (non-hydrogen) atoms. The van der Waals surface area contributed by atoms with E-state index in [0.717, 1.165) is 54.3 Å². The number of nitrogens with one attached hydrogen (secondary N) is 3. The zero-order valence-electron chi connectivity index (χ0n) is 27.1. The van der Waals surface area contributed by atoms with Crippen molar-refractivity contribution in [3.8, 4) is 0 Å². The van der Waals surface area contributed by atoms with E-state index in [-0.39, 0.29) is 42.6 Å². The number of para-hydroxylation sites is 1. The lowest BCUT2D eigenvalue weighted by Gasteiger charge is -2.33. The molecule has 9 heteroatoms. The van der Waals surface area contributed by atoms with Crippen molar-refractivity contribution in [3.05, 3.63) is 107 Å². The Morgan fingerprint density at radius 2 is 1.72 bits per heavy atom. The molecule has 1 fully saturated rings. The van der Waals surface area contributed by atoms with Crippen molar-refractivity contribution in [3.63, 3.8) is 0 Å². The highest BCUT2D eigenvalue weighted by Crippen LogP contribution is 2.42. The molecule has 7 rings (SSSR count). The van der Waals surface area contributed by atoms with Gasteiger partial charge in [-0.25, -0.2) is 4.79 Å².